The van der Waals surface area contributed by atoms with Crippen molar-refractivity contribution in [2.24, 2.45) is 5.73 Å². The van der Waals surface area contributed by atoms with Gasteiger partial charge in [0, 0.05) is 16.8 Å². The molecule has 0 aliphatic rings. The molecule has 0 unspecified atom stereocenters. The van der Waals surface area contributed by atoms with Gasteiger partial charge in [0.1, 0.15) is 10.8 Å². The van der Waals surface area contributed by atoms with Gasteiger partial charge in [0.25, 0.3) is 0 Å². The SMILES string of the molecule is CC(C)(C)Nc1ccc(F)cc1C(N)=S. The summed E-state index contributed by atoms with van der Waals surface area (Å²) in [5.74, 6) is -0.336. The molecule has 1 aromatic carbocycles. The van der Waals surface area contributed by atoms with Gasteiger partial charge in [0.05, 0.1) is 0 Å². The van der Waals surface area contributed by atoms with Crippen LogP contribution in [0, 0.1) is 5.82 Å². The van der Waals surface area contributed by atoms with Gasteiger partial charge < -0.3 is 11.1 Å². The third-order valence-electron chi connectivity index (χ3n) is 1.76. The van der Waals surface area contributed by atoms with Crippen LogP contribution in [-0.4, -0.2) is 10.5 Å². The fourth-order valence-corrected chi connectivity index (χ4v) is 1.40. The van der Waals surface area contributed by atoms with Gasteiger partial charge in [-0.15, -0.1) is 0 Å². The molecule has 0 saturated carbocycles. The van der Waals surface area contributed by atoms with Crippen molar-refractivity contribution >= 4 is 22.9 Å². The topological polar surface area (TPSA) is 38.0 Å². The summed E-state index contributed by atoms with van der Waals surface area (Å²) in [5.41, 5.74) is 6.72. The Balaban J connectivity index is 3.12. The van der Waals surface area contributed by atoms with E-state index in [4.69, 9.17) is 18.0 Å². The van der Waals surface area contributed by atoms with E-state index < -0.39 is 0 Å². The van der Waals surface area contributed by atoms with Gasteiger partial charge in [0.2, 0.25) is 0 Å². The van der Waals surface area contributed by atoms with E-state index in [2.05, 4.69) is 5.32 Å². The van der Waals surface area contributed by atoms with Crippen LogP contribution in [0.5, 0.6) is 0 Å². The fraction of sp³-hybridized carbons (Fsp3) is 0.364. The van der Waals surface area contributed by atoms with Gasteiger partial charge in [-0.3, -0.25) is 0 Å². The molecule has 0 aliphatic carbocycles. The highest BCUT2D eigenvalue weighted by Gasteiger charge is 2.13. The number of hydrogen-bond acceptors (Lipinski definition) is 2. The maximum Gasteiger partial charge on any atom is 0.124 e. The zero-order valence-electron chi connectivity index (χ0n) is 9.10. The Morgan fingerprint density at radius 3 is 2.47 bits per heavy atom. The number of anilines is 1. The number of rotatable bonds is 2. The molecule has 0 fully saturated rings. The third kappa shape index (κ3) is 3.47. The molecule has 15 heavy (non-hydrogen) atoms. The molecular formula is C11H15FN2S. The lowest BCUT2D eigenvalue weighted by molar-refractivity contribution is 0.622. The lowest BCUT2D eigenvalue weighted by Gasteiger charge is -2.23. The maximum absolute atomic E-state index is 13.0. The Labute approximate surface area is 94.7 Å². The summed E-state index contributed by atoms with van der Waals surface area (Å²) in [6.45, 7) is 6.04. The van der Waals surface area contributed by atoms with E-state index in [1.165, 1.54) is 12.1 Å². The molecule has 4 heteroatoms. The molecule has 0 aliphatic heterocycles. The Kier molecular flexibility index (Phi) is 3.29. The molecule has 0 spiro atoms. The molecule has 1 aromatic rings. The molecular weight excluding hydrogens is 211 g/mol. The van der Waals surface area contributed by atoms with Crippen molar-refractivity contribution in [3.63, 3.8) is 0 Å². The number of nitrogens with two attached hydrogens (primary N) is 1. The van der Waals surface area contributed by atoms with Crippen molar-refractivity contribution in [2.75, 3.05) is 5.32 Å². The normalized spacial score (nSPS) is 11.2. The minimum Gasteiger partial charge on any atom is -0.389 e. The van der Waals surface area contributed by atoms with Gasteiger partial charge >= 0.3 is 0 Å². The van der Waals surface area contributed by atoms with Crippen LogP contribution in [0.25, 0.3) is 0 Å². The number of thiocarbonyl (C=S) groups is 1. The van der Waals surface area contributed by atoms with Crippen molar-refractivity contribution in [3.05, 3.63) is 29.6 Å². The van der Waals surface area contributed by atoms with E-state index >= 15 is 0 Å². The molecule has 0 radical (unpaired) electrons. The highest BCUT2D eigenvalue weighted by molar-refractivity contribution is 7.80. The van der Waals surface area contributed by atoms with Crippen molar-refractivity contribution in [1.82, 2.24) is 0 Å². The minimum absolute atomic E-state index is 0.114. The molecule has 0 bridgehead atoms. The average Bonchev–Trinajstić information content (AvgIpc) is 2.05. The highest BCUT2D eigenvalue weighted by Crippen LogP contribution is 2.20. The van der Waals surface area contributed by atoms with E-state index in [1.54, 1.807) is 6.07 Å². The highest BCUT2D eigenvalue weighted by atomic mass is 32.1. The lowest BCUT2D eigenvalue weighted by atomic mass is 10.1. The van der Waals surface area contributed by atoms with Gasteiger partial charge in [-0.25, -0.2) is 4.39 Å². The predicted molar refractivity (Wildman–Crippen MR) is 65.7 cm³/mol. The standard InChI is InChI=1S/C11H15FN2S/c1-11(2,3)14-9-5-4-7(12)6-8(9)10(13)15/h4-6,14H,1-3H3,(H2,13,15). The molecule has 2 nitrogen and oxygen atoms in total. The summed E-state index contributed by atoms with van der Waals surface area (Å²) < 4.78 is 13.0. The van der Waals surface area contributed by atoms with Crippen molar-refractivity contribution in [1.29, 1.82) is 0 Å². The zero-order valence-corrected chi connectivity index (χ0v) is 9.91. The van der Waals surface area contributed by atoms with E-state index in [0.29, 0.717) is 5.56 Å². The molecule has 3 N–H and O–H groups in total. The van der Waals surface area contributed by atoms with Crippen LogP contribution >= 0.6 is 12.2 Å². The molecule has 0 atom stereocenters. The van der Waals surface area contributed by atoms with Gasteiger partial charge in [-0.05, 0) is 39.0 Å². The maximum atomic E-state index is 13.0. The Hall–Kier alpha value is -1.16. The summed E-state index contributed by atoms with van der Waals surface area (Å²) in [4.78, 5) is 0.196. The molecule has 0 saturated heterocycles. The number of benzene rings is 1. The number of hydrogen-bond donors (Lipinski definition) is 2. The summed E-state index contributed by atoms with van der Waals surface area (Å²) in [5, 5.41) is 3.22. The van der Waals surface area contributed by atoms with E-state index in [1.807, 2.05) is 20.8 Å². The van der Waals surface area contributed by atoms with Gasteiger partial charge in [-0.1, -0.05) is 12.2 Å². The van der Waals surface area contributed by atoms with Crippen LogP contribution in [0.4, 0.5) is 10.1 Å². The second kappa shape index (κ2) is 4.14. The summed E-state index contributed by atoms with van der Waals surface area (Å²) in [6, 6.07) is 4.38. The summed E-state index contributed by atoms with van der Waals surface area (Å²) in [6.07, 6.45) is 0. The first kappa shape index (κ1) is 11.9. The average molecular weight is 226 g/mol. The van der Waals surface area contributed by atoms with E-state index in [-0.39, 0.29) is 16.3 Å². The smallest absolute Gasteiger partial charge is 0.124 e. The molecule has 82 valence electrons. The number of nitrogens with one attached hydrogen (secondary N) is 1. The summed E-state index contributed by atoms with van der Waals surface area (Å²) in [7, 11) is 0. The van der Waals surface area contributed by atoms with Gasteiger partial charge in [-0.2, -0.15) is 0 Å². The second-order valence-corrected chi connectivity index (χ2v) is 4.87. The molecule has 1 rings (SSSR count). The van der Waals surface area contributed by atoms with Crippen LogP contribution < -0.4 is 11.1 Å². The minimum atomic E-state index is -0.336. The Morgan fingerprint density at radius 2 is 2.00 bits per heavy atom. The zero-order chi connectivity index (χ0) is 11.6. The second-order valence-electron chi connectivity index (χ2n) is 4.43. The summed E-state index contributed by atoms with van der Waals surface area (Å²) >= 11 is 4.87. The Bertz CT molecular complexity index is 383. The largest absolute Gasteiger partial charge is 0.389 e. The first-order valence-electron chi connectivity index (χ1n) is 4.67. The van der Waals surface area contributed by atoms with Crippen molar-refractivity contribution in [3.8, 4) is 0 Å². The monoisotopic (exact) mass is 226 g/mol. The molecule has 0 amide bonds. The lowest BCUT2D eigenvalue weighted by Crippen LogP contribution is -2.28. The van der Waals surface area contributed by atoms with E-state index in [9.17, 15) is 4.39 Å². The van der Waals surface area contributed by atoms with Crippen molar-refractivity contribution < 1.29 is 4.39 Å². The van der Waals surface area contributed by atoms with Gasteiger partial charge in [0.15, 0.2) is 0 Å². The van der Waals surface area contributed by atoms with E-state index in [0.717, 1.165) is 5.69 Å². The predicted octanol–water partition coefficient (Wildman–Crippen LogP) is 2.67. The van der Waals surface area contributed by atoms with Crippen LogP contribution in [0.1, 0.15) is 26.3 Å². The molecule has 0 aromatic heterocycles. The fourth-order valence-electron chi connectivity index (χ4n) is 1.23. The first-order chi connectivity index (χ1) is 6.79. The first-order valence-corrected chi connectivity index (χ1v) is 5.08. The Morgan fingerprint density at radius 1 is 1.40 bits per heavy atom. The van der Waals surface area contributed by atoms with Crippen LogP contribution in [0.2, 0.25) is 0 Å². The van der Waals surface area contributed by atoms with Crippen LogP contribution in [0.15, 0.2) is 18.2 Å². The number of halogens is 1. The van der Waals surface area contributed by atoms with Crippen LogP contribution in [-0.2, 0) is 0 Å². The molecule has 0 heterocycles. The third-order valence-corrected chi connectivity index (χ3v) is 1.98. The quantitative estimate of drug-likeness (QED) is 0.761. The van der Waals surface area contributed by atoms with Crippen molar-refractivity contribution in [2.45, 2.75) is 26.3 Å². The van der Waals surface area contributed by atoms with Crippen LogP contribution in [0.3, 0.4) is 0 Å².